The van der Waals surface area contributed by atoms with Crippen molar-refractivity contribution >= 4 is 23.5 Å². The zero-order valence-electron chi connectivity index (χ0n) is 17.4. The minimum Gasteiger partial charge on any atom is -0.277 e. The van der Waals surface area contributed by atoms with Gasteiger partial charge in [0.25, 0.3) is 17.3 Å². The Bertz CT molecular complexity index is 1420. The van der Waals surface area contributed by atoms with Gasteiger partial charge in [0.15, 0.2) is 5.69 Å². The molecule has 0 unspecified atom stereocenters. The summed E-state index contributed by atoms with van der Waals surface area (Å²) in [5.41, 5.74) is 4.63. The van der Waals surface area contributed by atoms with E-state index in [9.17, 15) is 25.0 Å². The van der Waals surface area contributed by atoms with E-state index in [0.29, 0.717) is 28.2 Å². The standard InChI is InChI=1S/C20H15N9O5/c1-12-18(24-26-27(12)15-5-7-16(8-6-15)28(31)32)20(30)25-22-11-14-10-21-23-19(14)13-3-2-4-17(9-13)29(33)34/h2-11H,1H3,(H,21,23)(H,25,30)/b22-11+. The first-order valence-corrected chi connectivity index (χ1v) is 9.64. The molecule has 4 aromatic rings. The third-order valence-electron chi connectivity index (χ3n) is 4.80. The van der Waals surface area contributed by atoms with Crippen molar-refractivity contribution in [1.29, 1.82) is 0 Å². The number of nitro benzene ring substituents is 2. The minimum absolute atomic E-state index is 0.0154. The highest BCUT2D eigenvalue weighted by Gasteiger charge is 2.18. The van der Waals surface area contributed by atoms with Crippen molar-refractivity contribution in [2.24, 2.45) is 5.10 Å². The smallest absolute Gasteiger partial charge is 0.277 e. The van der Waals surface area contributed by atoms with E-state index >= 15 is 0 Å². The summed E-state index contributed by atoms with van der Waals surface area (Å²) in [6.45, 7) is 1.62. The molecule has 34 heavy (non-hydrogen) atoms. The number of hydrazone groups is 1. The maximum absolute atomic E-state index is 12.5. The molecule has 2 N–H and O–H groups in total. The molecule has 0 aliphatic heterocycles. The molecule has 2 aromatic carbocycles. The Kier molecular flexibility index (Phi) is 5.86. The molecule has 2 heterocycles. The summed E-state index contributed by atoms with van der Waals surface area (Å²) in [6, 6.07) is 11.6. The van der Waals surface area contributed by atoms with Gasteiger partial charge in [-0.15, -0.1) is 5.10 Å². The molecule has 0 bridgehead atoms. The molecule has 0 fully saturated rings. The molecular weight excluding hydrogens is 446 g/mol. The maximum atomic E-state index is 12.5. The lowest BCUT2D eigenvalue weighted by atomic mass is 10.1. The number of hydrogen-bond acceptors (Lipinski definition) is 9. The summed E-state index contributed by atoms with van der Waals surface area (Å²) in [5.74, 6) is -0.623. The monoisotopic (exact) mass is 461 g/mol. The van der Waals surface area contributed by atoms with Gasteiger partial charge >= 0.3 is 0 Å². The Labute approximate surface area is 190 Å². The highest BCUT2D eigenvalue weighted by Crippen LogP contribution is 2.24. The van der Waals surface area contributed by atoms with E-state index in [1.807, 2.05) is 0 Å². The Hall–Kier alpha value is -5.27. The number of nitrogens with zero attached hydrogens (tertiary/aromatic N) is 7. The lowest BCUT2D eigenvalue weighted by Gasteiger charge is -2.03. The van der Waals surface area contributed by atoms with Crippen LogP contribution in [-0.2, 0) is 0 Å². The van der Waals surface area contributed by atoms with Crippen molar-refractivity contribution in [1.82, 2.24) is 30.6 Å². The van der Waals surface area contributed by atoms with Gasteiger partial charge in [-0.2, -0.15) is 10.2 Å². The predicted molar refractivity (Wildman–Crippen MR) is 118 cm³/mol. The van der Waals surface area contributed by atoms with Crippen LogP contribution in [-0.4, -0.2) is 47.2 Å². The molecule has 0 radical (unpaired) electrons. The number of rotatable bonds is 7. The highest BCUT2D eigenvalue weighted by atomic mass is 16.6. The molecule has 170 valence electrons. The van der Waals surface area contributed by atoms with Crippen molar-refractivity contribution in [2.75, 3.05) is 0 Å². The second-order valence-corrected chi connectivity index (χ2v) is 6.92. The molecule has 14 nitrogen and oxygen atoms in total. The fourth-order valence-electron chi connectivity index (χ4n) is 3.11. The normalized spacial score (nSPS) is 11.0. The summed E-state index contributed by atoms with van der Waals surface area (Å²) in [5, 5.41) is 40.2. The number of carbonyl (C=O) groups is 1. The topological polar surface area (TPSA) is 187 Å². The maximum Gasteiger partial charge on any atom is 0.293 e. The molecular formula is C20H15N9O5. The molecule has 0 aliphatic carbocycles. The number of H-pyrrole nitrogens is 1. The zero-order chi connectivity index (χ0) is 24.2. The van der Waals surface area contributed by atoms with Gasteiger partial charge in [0.05, 0.1) is 39.3 Å². The number of nitrogens with one attached hydrogen (secondary N) is 2. The summed E-state index contributed by atoms with van der Waals surface area (Å²) in [4.78, 5) is 33.3. The number of hydrogen-bond donors (Lipinski definition) is 2. The minimum atomic E-state index is -0.623. The number of benzene rings is 2. The number of non-ortho nitro benzene ring substituents is 2. The van der Waals surface area contributed by atoms with E-state index in [1.54, 1.807) is 19.1 Å². The van der Waals surface area contributed by atoms with Crippen molar-refractivity contribution in [2.45, 2.75) is 6.92 Å². The third kappa shape index (κ3) is 4.36. The molecule has 1 amide bonds. The van der Waals surface area contributed by atoms with E-state index in [2.05, 4.69) is 31.0 Å². The molecule has 14 heteroatoms. The first-order valence-electron chi connectivity index (χ1n) is 9.64. The van der Waals surface area contributed by atoms with Crippen LogP contribution in [0.4, 0.5) is 11.4 Å². The van der Waals surface area contributed by atoms with Crippen LogP contribution in [0, 0.1) is 27.2 Å². The van der Waals surface area contributed by atoms with E-state index in [4.69, 9.17) is 0 Å². The predicted octanol–water partition coefficient (Wildman–Crippen LogP) is 2.55. The molecule has 0 atom stereocenters. The SMILES string of the molecule is Cc1c(C(=O)N/N=C/c2cn[nH]c2-c2cccc([N+](=O)[O-])c2)nnn1-c1ccc([N+](=O)[O-])cc1. The summed E-state index contributed by atoms with van der Waals surface area (Å²) < 4.78 is 1.37. The Morgan fingerprint density at radius 1 is 1.12 bits per heavy atom. The second-order valence-electron chi connectivity index (χ2n) is 6.92. The van der Waals surface area contributed by atoms with Gasteiger partial charge in [-0.1, -0.05) is 17.3 Å². The van der Waals surface area contributed by atoms with Gasteiger partial charge in [-0.3, -0.25) is 30.1 Å². The van der Waals surface area contributed by atoms with Crippen molar-refractivity contribution < 1.29 is 14.6 Å². The number of nitro groups is 2. The van der Waals surface area contributed by atoms with Crippen LogP contribution in [0.1, 0.15) is 21.7 Å². The van der Waals surface area contributed by atoms with E-state index in [-0.39, 0.29) is 17.1 Å². The Morgan fingerprint density at radius 2 is 1.85 bits per heavy atom. The number of carbonyl (C=O) groups excluding carboxylic acids is 1. The van der Waals surface area contributed by atoms with Crippen LogP contribution in [0.2, 0.25) is 0 Å². The van der Waals surface area contributed by atoms with Gasteiger partial charge in [-0.05, 0) is 19.1 Å². The second kappa shape index (κ2) is 9.07. The first-order chi connectivity index (χ1) is 16.3. The molecule has 0 saturated carbocycles. The van der Waals surface area contributed by atoms with Gasteiger partial charge in [-0.25, -0.2) is 10.1 Å². The van der Waals surface area contributed by atoms with Crippen LogP contribution >= 0.6 is 0 Å². The summed E-state index contributed by atoms with van der Waals surface area (Å²) >= 11 is 0. The quantitative estimate of drug-likeness (QED) is 0.238. The van der Waals surface area contributed by atoms with Gasteiger partial charge < -0.3 is 0 Å². The zero-order valence-corrected chi connectivity index (χ0v) is 17.4. The van der Waals surface area contributed by atoms with Crippen molar-refractivity contribution in [3.05, 3.63) is 91.9 Å². The molecule has 2 aromatic heterocycles. The van der Waals surface area contributed by atoms with Gasteiger partial charge in [0.1, 0.15) is 0 Å². The van der Waals surface area contributed by atoms with Crippen LogP contribution in [0.3, 0.4) is 0 Å². The summed E-state index contributed by atoms with van der Waals surface area (Å²) in [7, 11) is 0. The largest absolute Gasteiger partial charge is 0.293 e. The Balaban J connectivity index is 1.49. The van der Waals surface area contributed by atoms with Crippen molar-refractivity contribution in [3.8, 4) is 16.9 Å². The third-order valence-corrected chi connectivity index (χ3v) is 4.80. The van der Waals surface area contributed by atoms with Gasteiger partial charge in [0, 0.05) is 35.4 Å². The summed E-state index contributed by atoms with van der Waals surface area (Å²) in [6.07, 6.45) is 2.80. The average Bonchev–Trinajstić information content (AvgIpc) is 3.45. The van der Waals surface area contributed by atoms with Crippen LogP contribution in [0.25, 0.3) is 16.9 Å². The highest BCUT2D eigenvalue weighted by molar-refractivity contribution is 5.95. The number of aromatic nitrogens is 5. The van der Waals surface area contributed by atoms with E-state index < -0.39 is 15.8 Å². The fraction of sp³-hybridized carbons (Fsp3) is 0.0500. The molecule has 4 rings (SSSR count). The molecule has 0 spiro atoms. The number of amides is 1. The van der Waals surface area contributed by atoms with E-state index in [1.165, 1.54) is 53.5 Å². The lowest BCUT2D eigenvalue weighted by molar-refractivity contribution is -0.385. The van der Waals surface area contributed by atoms with Crippen LogP contribution in [0.5, 0.6) is 0 Å². The molecule has 0 aliphatic rings. The van der Waals surface area contributed by atoms with Crippen LogP contribution < -0.4 is 5.43 Å². The van der Waals surface area contributed by atoms with Gasteiger partial charge in [0.2, 0.25) is 0 Å². The average molecular weight is 461 g/mol. The Morgan fingerprint density at radius 3 is 2.56 bits per heavy atom. The van der Waals surface area contributed by atoms with Crippen LogP contribution in [0.15, 0.2) is 59.8 Å². The van der Waals surface area contributed by atoms with E-state index in [0.717, 1.165) is 0 Å². The first kappa shape index (κ1) is 21.9. The van der Waals surface area contributed by atoms with Crippen molar-refractivity contribution in [3.63, 3.8) is 0 Å². The lowest BCUT2D eigenvalue weighted by Crippen LogP contribution is -2.19. The fourth-order valence-corrected chi connectivity index (χ4v) is 3.11. The molecule has 0 saturated heterocycles. The number of aromatic amines is 1.